The van der Waals surface area contributed by atoms with Crippen LogP contribution in [-0.4, -0.2) is 28.6 Å². The van der Waals surface area contributed by atoms with Crippen LogP contribution in [0.25, 0.3) is 0 Å². The third-order valence-corrected chi connectivity index (χ3v) is 6.13. The second-order valence-electron chi connectivity index (χ2n) is 7.51. The summed E-state index contributed by atoms with van der Waals surface area (Å²) in [5.41, 5.74) is 2.70. The summed E-state index contributed by atoms with van der Waals surface area (Å²) in [6, 6.07) is 15.1. The number of hydrogen-bond donors (Lipinski definition) is 1. The zero-order chi connectivity index (χ0) is 17.3. The van der Waals surface area contributed by atoms with Crippen LogP contribution in [0.3, 0.4) is 0 Å². The van der Waals surface area contributed by atoms with Crippen LogP contribution >= 0.6 is 0 Å². The van der Waals surface area contributed by atoms with Gasteiger partial charge in [-0.3, -0.25) is 0 Å². The number of rotatable bonds is 3. The van der Waals surface area contributed by atoms with Crippen LogP contribution in [0.2, 0.25) is 0 Å². The number of benzene rings is 1. The summed E-state index contributed by atoms with van der Waals surface area (Å²) in [5, 5.41) is 3.26. The quantitative estimate of drug-likeness (QED) is 0.900. The maximum Gasteiger partial charge on any atom is 0.318 e. The molecule has 2 aliphatic rings. The van der Waals surface area contributed by atoms with Gasteiger partial charge in [0.15, 0.2) is 0 Å². The fourth-order valence-corrected chi connectivity index (χ4v) is 4.61. The molecule has 0 bridgehead atoms. The highest BCUT2D eigenvalue weighted by Gasteiger charge is 2.37. The third kappa shape index (κ3) is 2.94. The average molecular weight is 337 g/mol. The number of hydrogen-bond acceptors (Lipinski definition) is 1. The lowest BCUT2D eigenvalue weighted by molar-refractivity contribution is 0.159. The molecule has 1 unspecified atom stereocenters. The van der Waals surface area contributed by atoms with Gasteiger partial charge in [0.05, 0.1) is 6.04 Å². The topological polar surface area (TPSA) is 37.3 Å². The molecule has 2 heterocycles. The van der Waals surface area contributed by atoms with Crippen molar-refractivity contribution in [1.29, 1.82) is 0 Å². The SMILES string of the molecule is CC1c2cccn2CCN1C(=O)NCC1(c2ccccc2)CCCC1. The van der Waals surface area contributed by atoms with Gasteiger partial charge in [-0.1, -0.05) is 43.2 Å². The van der Waals surface area contributed by atoms with E-state index >= 15 is 0 Å². The molecule has 0 saturated heterocycles. The molecule has 0 radical (unpaired) electrons. The van der Waals surface area contributed by atoms with Crippen LogP contribution in [0.15, 0.2) is 48.7 Å². The van der Waals surface area contributed by atoms with E-state index in [1.54, 1.807) is 0 Å². The number of nitrogens with zero attached hydrogens (tertiary/aromatic N) is 2. The van der Waals surface area contributed by atoms with Crippen molar-refractivity contribution in [2.24, 2.45) is 0 Å². The molecule has 2 aromatic rings. The monoisotopic (exact) mass is 337 g/mol. The van der Waals surface area contributed by atoms with Crippen molar-refractivity contribution in [3.05, 3.63) is 59.9 Å². The Morgan fingerprint density at radius 1 is 1.12 bits per heavy atom. The number of fused-ring (bicyclic) bond motifs is 1. The first-order valence-corrected chi connectivity index (χ1v) is 9.45. The van der Waals surface area contributed by atoms with Crippen molar-refractivity contribution in [3.63, 3.8) is 0 Å². The van der Waals surface area contributed by atoms with Gasteiger partial charge in [-0.25, -0.2) is 4.79 Å². The first kappa shape index (κ1) is 16.2. The van der Waals surface area contributed by atoms with E-state index in [0.29, 0.717) is 0 Å². The van der Waals surface area contributed by atoms with Crippen LogP contribution in [0.5, 0.6) is 0 Å². The smallest absolute Gasteiger partial charge is 0.318 e. The van der Waals surface area contributed by atoms with Crippen LogP contribution in [-0.2, 0) is 12.0 Å². The highest BCUT2D eigenvalue weighted by molar-refractivity contribution is 5.75. The fraction of sp³-hybridized carbons (Fsp3) is 0.476. The molecule has 4 rings (SSSR count). The van der Waals surface area contributed by atoms with E-state index in [1.807, 2.05) is 4.90 Å². The number of carbonyl (C=O) groups is 1. The molecule has 1 aliphatic heterocycles. The predicted molar refractivity (Wildman–Crippen MR) is 99.5 cm³/mol. The number of nitrogens with one attached hydrogen (secondary N) is 1. The minimum Gasteiger partial charge on any atom is -0.348 e. The Morgan fingerprint density at radius 3 is 2.64 bits per heavy atom. The molecule has 1 aromatic heterocycles. The number of carbonyl (C=O) groups excluding carboxylic acids is 1. The molecule has 1 atom stereocenters. The minimum absolute atomic E-state index is 0.0714. The third-order valence-electron chi connectivity index (χ3n) is 6.13. The van der Waals surface area contributed by atoms with Crippen molar-refractivity contribution in [2.75, 3.05) is 13.1 Å². The van der Waals surface area contributed by atoms with Gasteiger partial charge in [0, 0.05) is 36.9 Å². The Morgan fingerprint density at radius 2 is 1.88 bits per heavy atom. The van der Waals surface area contributed by atoms with Gasteiger partial charge >= 0.3 is 6.03 Å². The number of urea groups is 1. The Hall–Kier alpha value is -2.23. The molecule has 4 heteroatoms. The standard InChI is InChI=1S/C21H27N3O/c1-17-19-10-7-13-23(19)14-15-24(17)20(25)22-16-21(11-5-6-12-21)18-8-3-2-4-9-18/h2-4,7-10,13,17H,5-6,11-12,14-16H2,1H3,(H,22,25). The molecule has 4 nitrogen and oxygen atoms in total. The van der Waals surface area contributed by atoms with Crippen LogP contribution < -0.4 is 5.32 Å². The van der Waals surface area contributed by atoms with Gasteiger partial charge < -0.3 is 14.8 Å². The van der Waals surface area contributed by atoms with Crippen LogP contribution in [0, 0.1) is 0 Å². The average Bonchev–Trinajstić information content (AvgIpc) is 3.31. The second-order valence-corrected chi connectivity index (χ2v) is 7.51. The van der Waals surface area contributed by atoms with E-state index in [-0.39, 0.29) is 17.5 Å². The van der Waals surface area contributed by atoms with Gasteiger partial charge in [0.25, 0.3) is 0 Å². The molecule has 1 saturated carbocycles. The summed E-state index contributed by atoms with van der Waals surface area (Å²) in [4.78, 5) is 14.9. The van der Waals surface area contributed by atoms with Gasteiger partial charge in [-0.2, -0.15) is 0 Å². The van der Waals surface area contributed by atoms with Crippen molar-refractivity contribution < 1.29 is 4.79 Å². The largest absolute Gasteiger partial charge is 0.348 e. The van der Waals surface area contributed by atoms with Crippen LogP contribution in [0.4, 0.5) is 4.79 Å². The maximum atomic E-state index is 12.9. The highest BCUT2D eigenvalue weighted by Crippen LogP contribution is 2.40. The Bertz CT molecular complexity index is 731. The van der Waals surface area contributed by atoms with Crippen molar-refractivity contribution in [1.82, 2.24) is 14.8 Å². The van der Waals surface area contributed by atoms with Gasteiger partial charge in [0.2, 0.25) is 0 Å². The number of aromatic nitrogens is 1. The van der Waals surface area contributed by atoms with Crippen LogP contribution in [0.1, 0.15) is 49.9 Å². The lowest BCUT2D eigenvalue weighted by atomic mass is 9.79. The lowest BCUT2D eigenvalue weighted by Gasteiger charge is -2.36. The van der Waals surface area contributed by atoms with E-state index < -0.39 is 0 Å². The molecule has 0 spiro atoms. The predicted octanol–water partition coefficient (Wildman–Crippen LogP) is 4.09. The summed E-state index contributed by atoms with van der Waals surface area (Å²) in [6.07, 6.45) is 6.92. The summed E-state index contributed by atoms with van der Waals surface area (Å²) in [7, 11) is 0. The summed E-state index contributed by atoms with van der Waals surface area (Å²) in [6.45, 7) is 4.50. The van der Waals surface area contributed by atoms with E-state index in [2.05, 4.69) is 65.5 Å². The van der Waals surface area contributed by atoms with Crippen molar-refractivity contribution >= 4 is 6.03 Å². The zero-order valence-electron chi connectivity index (χ0n) is 14.9. The van der Waals surface area contributed by atoms with Gasteiger partial charge in [-0.15, -0.1) is 0 Å². The summed E-state index contributed by atoms with van der Waals surface area (Å²) in [5.74, 6) is 0. The Balaban J connectivity index is 1.46. The molecular formula is C21H27N3O. The Kier molecular flexibility index (Phi) is 4.28. The molecule has 1 fully saturated rings. The van der Waals surface area contributed by atoms with E-state index in [9.17, 15) is 4.79 Å². The van der Waals surface area contributed by atoms with Crippen molar-refractivity contribution in [3.8, 4) is 0 Å². The molecule has 1 aromatic carbocycles. The first-order valence-electron chi connectivity index (χ1n) is 9.45. The minimum atomic E-state index is 0.0714. The van der Waals surface area contributed by atoms with Gasteiger partial charge in [0.1, 0.15) is 0 Å². The highest BCUT2D eigenvalue weighted by atomic mass is 16.2. The normalized spacial score (nSPS) is 21.8. The molecule has 25 heavy (non-hydrogen) atoms. The molecular weight excluding hydrogens is 310 g/mol. The van der Waals surface area contributed by atoms with E-state index in [0.717, 1.165) is 32.5 Å². The first-order chi connectivity index (χ1) is 12.2. The van der Waals surface area contributed by atoms with E-state index in [1.165, 1.54) is 24.1 Å². The number of amides is 2. The molecule has 2 amide bonds. The summed E-state index contributed by atoms with van der Waals surface area (Å²) >= 11 is 0. The van der Waals surface area contributed by atoms with E-state index in [4.69, 9.17) is 0 Å². The molecule has 1 N–H and O–H groups in total. The Labute approximate surface area is 149 Å². The second kappa shape index (κ2) is 6.58. The van der Waals surface area contributed by atoms with Gasteiger partial charge in [-0.05, 0) is 37.5 Å². The summed E-state index contributed by atoms with van der Waals surface area (Å²) < 4.78 is 2.25. The lowest BCUT2D eigenvalue weighted by Crippen LogP contribution is -2.49. The maximum absolute atomic E-state index is 12.9. The molecule has 1 aliphatic carbocycles. The zero-order valence-corrected chi connectivity index (χ0v) is 14.9. The molecule has 132 valence electrons. The fourth-order valence-electron chi connectivity index (χ4n) is 4.61. The van der Waals surface area contributed by atoms with Crippen molar-refractivity contribution in [2.45, 2.75) is 50.6 Å².